The summed E-state index contributed by atoms with van der Waals surface area (Å²) in [5.41, 5.74) is -0.0613. The molecule has 0 radical (unpaired) electrons. The zero-order valence-corrected chi connectivity index (χ0v) is 15.9. The molecule has 0 aliphatic carbocycles. The number of hydrogen-bond acceptors (Lipinski definition) is 3. The molecular formula is C21H23F4N3O. The molecular weight excluding hydrogens is 386 g/mol. The molecule has 0 spiro atoms. The topological polar surface area (TPSA) is 35.6 Å². The molecule has 0 atom stereocenters. The normalized spacial score (nSPS) is 16.4. The van der Waals surface area contributed by atoms with Crippen molar-refractivity contribution in [2.75, 3.05) is 38.0 Å². The van der Waals surface area contributed by atoms with E-state index in [4.69, 9.17) is 0 Å². The summed E-state index contributed by atoms with van der Waals surface area (Å²) in [7, 11) is 0. The summed E-state index contributed by atoms with van der Waals surface area (Å²) in [4.78, 5) is 16.5. The van der Waals surface area contributed by atoms with Crippen LogP contribution < -0.4 is 5.32 Å². The van der Waals surface area contributed by atoms with Crippen LogP contribution in [0.25, 0.3) is 0 Å². The predicted molar refractivity (Wildman–Crippen MR) is 103 cm³/mol. The van der Waals surface area contributed by atoms with Crippen molar-refractivity contribution >= 4 is 11.6 Å². The minimum Gasteiger partial charge on any atom is -0.324 e. The van der Waals surface area contributed by atoms with Crippen molar-refractivity contribution in [1.82, 2.24) is 9.80 Å². The fourth-order valence-electron chi connectivity index (χ4n) is 3.42. The lowest BCUT2D eigenvalue weighted by atomic mass is 10.1. The highest BCUT2D eigenvalue weighted by atomic mass is 19.4. The van der Waals surface area contributed by atoms with Gasteiger partial charge < -0.3 is 5.32 Å². The summed E-state index contributed by atoms with van der Waals surface area (Å²) in [5.74, 6) is -0.734. The third kappa shape index (κ3) is 6.27. The van der Waals surface area contributed by atoms with Crippen LogP contribution in [0.4, 0.5) is 23.2 Å². The van der Waals surface area contributed by atoms with Gasteiger partial charge in [-0.1, -0.05) is 24.3 Å². The molecule has 1 amide bonds. The number of alkyl halides is 3. The number of nitrogens with one attached hydrogen (secondary N) is 1. The fraction of sp³-hybridized carbons (Fsp3) is 0.381. The van der Waals surface area contributed by atoms with Gasteiger partial charge in [0.25, 0.3) is 0 Å². The highest BCUT2D eigenvalue weighted by Gasteiger charge is 2.33. The Hall–Kier alpha value is -2.45. The van der Waals surface area contributed by atoms with Gasteiger partial charge in [0.2, 0.25) is 5.91 Å². The van der Waals surface area contributed by atoms with E-state index in [0.29, 0.717) is 19.6 Å². The lowest BCUT2D eigenvalue weighted by molar-refractivity contribution is -0.137. The molecule has 1 aliphatic heterocycles. The first-order valence-corrected chi connectivity index (χ1v) is 9.46. The number of amides is 1. The molecule has 0 unspecified atom stereocenters. The Labute approximate surface area is 167 Å². The monoisotopic (exact) mass is 409 g/mol. The second-order valence-electron chi connectivity index (χ2n) is 7.12. The molecule has 0 saturated carbocycles. The molecule has 29 heavy (non-hydrogen) atoms. The number of benzene rings is 2. The maximum atomic E-state index is 13.1. The molecule has 8 heteroatoms. The average Bonchev–Trinajstić information content (AvgIpc) is 2.88. The van der Waals surface area contributed by atoms with Crippen molar-refractivity contribution < 1.29 is 22.4 Å². The van der Waals surface area contributed by atoms with Gasteiger partial charge in [-0.3, -0.25) is 14.6 Å². The van der Waals surface area contributed by atoms with E-state index in [9.17, 15) is 22.4 Å². The van der Waals surface area contributed by atoms with Crippen LogP contribution in [0, 0.1) is 5.82 Å². The molecule has 1 heterocycles. The van der Waals surface area contributed by atoms with Crippen LogP contribution in [0.1, 0.15) is 17.5 Å². The highest BCUT2D eigenvalue weighted by Crippen LogP contribution is 2.34. The smallest absolute Gasteiger partial charge is 0.324 e. The second kappa shape index (κ2) is 9.37. The number of nitrogens with zero attached hydrogens (tertiary/aromatic N) is 2. The van der Waals surface area contributed by atoms with Crippen LogP contribution >= 0.6 is 0 Å². The minimum absolute atomic E-state index is 0.0383. The van der Waals surface area contributed by atoms with Gasteiger partial charge in [0.15, 0.2) is 0 Å². The van der Waals surface area contributed by atoms with Gasteiger partial charge in [0.1, 0.15) is 5.82 Å². The standard InChI is InChI=1S/C21H23F4N3O/c22-17-8-6-16(7-9-17)14-27-10-3-11-28(13-12-27)15-20(29)26-19-5-2-1-4-18(19)21(23,24)25/h1-2,4-9H,3,10-15H2,(H,26,29). The molecule has 4 nitrogen and oxygen atoms in total. The Bertz CT molecular complexity index is 823. The van der Waals surface area contributed by atoms with Crippen molar-refractivity contribution in [1.29, 1.82) is 0 Å². The number of carbonyl (C=O) groups is 1. The molecule has 3 rings (SSSR count). The quantitative estimate of drug-likeness (QED) is 0.759. The van der Waals surface area contributed by atoms with Crippen molar-refractivity contribution in [2.45, 2.75) is 19.1 Å². The first kappa shape index (κ1) is 21.3. The summed E-state index contributed by atoms with van der Waals surface area (Å²) < 4.78 is 52.2. The summed E-state index contributed by atoms with van der Waals surface area (Å²) in [6.07, 6.45) is -3.68. The van der Waals surface area contributed by atoms with Crippen LogP contribution in [0.15, 0.2) is 48.5 Å². The zero-order valence-electron chi connectivity index (χ0n) is 15.9. The number of hydrogen-bond donors (Lipinski definition) is 1. The van der Waals surface area contributed by atoms with Gasteiger partial charge in [0, 0.05) is 19.6 Å². The molecule has 156 valence electrons. The van der Waals surface area contributed by atoms with Crippen molar-refractivity contribution in [3.63, 3.8) is 0 Å². The Morgan fingerprint density at radius 3 is 2.31 bits per heavy atom. The maximum absolute atomic E-state index is 13.1. The Morgan fingerprint density at radius 1 is 0.931 bits per heavy atom. The van der Waals surface area contributed by atoms with E-state index in [-0.39, 0.29) is 18.0 Å². The second-order valence-corrected chi connectivity index (χ2v) is 7.12. The molecule has 1 N–H and O–H groups in total. The maximum Gasteiger partial charge on any atom is 0.418 e. The third-order valence-electron chi connectivity index (χ3n) is 4.87. The highest BCUT2D eigenvalue weighted by molar-refractivity contribution is 5.93. The summed E-state index contributed by atoms with van der Waals surface area (Å²) >= 11 is 0. The predicted octanol–water partition coefficient (Wildman–Crippen LogP) is 3.99. The Balaban J connectivity index is 1.52. The van der Waals surface area contributed by atoms with Gasteiger partial charge in [0.05, 0.1) is 17.8 Å². The van der Waals surface area contributed by atoms with Crippen LogP contribution in [-0.4, -0.2) is 48.4 Å². The fourth-order valence-corrected chi connectivity index (χ4v) is 3.42. The van der Waals surface area contributed by atoms with Gasteiger partial charge >= 0.3 is 6.18 Å². The lowest BCUT2D eigenvalue weighted by Crippen LogP contribution is -2.36. The average molecular weight is 409 g/mol. The van der Waals surface area contributed by atoms with E-state index < -0.39 is 17.6 Å². The molecule has 1 fully saturated rings. The van der Waals surface area contributed by atoms with Crippen molar-refractivity contribution in [3.05, 3.63) is 65.5 Å². The minimum atomic E-state index is -4.52. The third-order valence-corrected chi connectivity index (χ3v) is 4.87. The van der Waals surface area contributed by atoms with E-state index in [1.807, 2.05) is 4.90 Å². The molecule has 1 aliphatic rings. The largest absolute Gasteiger partial charge is 0.418 e. The van der Waals surface area contributed by atoms with E-state index >= 15 is 0 Å². The van der Waals surface area contributed by atoms with E-state index in [1.54, 1.807) is 12.1 Å². The van der Waals surface area contributed by atoms with Crippen LogP contribution in [0.3, 0.4) is 0 Å². The molecule has 0 aromatic heterocycles. The first-order valence-electron chi connectivity index (χ1n) is 9.46. The van der Waals surface area contributed by atoms with Gasteiger partial charge in [-0.25, -0.2) is 4.39 Å². The Kier molecular flexibility index (Phi) is 6.87. The number of anilines is 1. The van der Waals surface area contributed by atoms with Gasteiger partial charge in [-0.2, -0.15) is 13.2 Å². The van der Waals surface area contributed by atoms with E-state index in [1.165, 1.54) is 30.3 Å². The molecule has 2 aromatic carbocycles. The molecule has 1 saturated heterocycles. The van der Waals surface area contributed by atoms with Crippen molar-refractivity contribution in [2.24, 2.45) is 0 Å². The van der Waals surface area contributed by atoms with Gasteiger partial charge in [-0.05, 0) is 49.3 Å². The summed E-state index contributed by atoms with van der Waals surface area (Å²) in [6.45, 7) is 3.62. The van der Waals surface area contributed by atoms with E-state index in [0.717, 1.165) is 31.1 Å². The summed E-state index contributed by atoms with van der Waals surface area (Å²) in [6, 6.07) is 11.3. The number of carbonyl (C=O) groups excluding carboxylic acids is 1. The number of rotatable bonds is 5. The number of para-hydroxylation sites is 1. The summed E-state index contributed by atoms with van der Waals surface area (Å²) in [5, 5.41) is 2.39. The zero-order chi connectivity index (χ0) is 20.9. The number of halogens is 4. The van der Waals surface area contributed by atoms with Crippen molar-refractivity contribution in [3.8, 4) is 0 Å². The Morgan fingerprint density at radius 2 is 1.59 bits per heavy atom. The van der Waals surface area contributed by atoms with Crippen LogP contribution in [0.2, 0.25) is 0 Å². The SMILES string of the molecule is O=C(CN1CCCN(Cc2ccc(F)cc2)CC1)Nc1ccccc1C(F)(F)F. The van der Waals surface area contributed by atoms with E-state index in [2.05, 4.69) is 10.2 Å². The molecule has 0 bridgehead atoms. The van der Waals surface area contributed by atoms with Crippen LogP contribution in [-0.2, 0) is 17.5 Å². The van der Waals surface area contributed by atoms with Gasteiger partial charge in [-0.15, -0.1) is 0 Å². The lowest BCUT2D eigenvalue weighted by Gasteiger charge is -2.22. The van der Waals surface area contributed by atoms with Crippen LogP contribution in [0.5, 0.6) is 0 Å². The first-order chi connectivity index (χ1) is 13.8. The molecule has 2 aromatic rings.